The van der Waals surface area contributed by atoms with E-state index in [4.69, 9.17) is 0 Å². The molecule has 0 N–H and O–H groups in total. The molecule has 3 aromatic heterocycles. The Hall–Kier alpha value is -2.61. The summed E-state index contributed by atoms with van der Waals surface area (Å²) in [7, 11) is 0. The fourth-order valence-electron chi connectivity index (χ4n) is 3.76. The molecular formula is C20H23N5O2S. The van der Waals surface area contributed by atoms with Gasteiger partial charge in [-0.25, -0.2) is 4.98 Å². The van der Waals surface area contributed by atoms with Crippen molar-refractivity contribution in [1.29, 1.82) is 0 Å². The summed E-state index contributed by atoms with van der Waals surface area (Å²) in [4.78, 5) is 32.6. The molecule has 0 radical (unpaired) electrons. The molecule has 28 heavy (non-hydrogen) atoms. The number of amides is 1. The Morgan fingerprint density at radius 1 is 1.29 bits per heavy atom. The van der Waals surface area contributed by atoms with Crippen LogP contribution in [0.25, 0.3) is 11.0 Å². The maximum absolute atomic E-state index is 13.2. The number of aromatic nitrogens is 4. The van der Waals surface area contributed by atoms with Crippen molar-refractivity contribution in [2.45, 2.75) is 46.1 Å². The van der Waals surface area contributed by atoms with Crippen LogP contribution in [0, 0.1) is 13.8 Å². The molecule has 3 aromatic rings. The Balaban J connectivity index is 1.69. The minimum absolute atomic E-state index is 0.182. The van der Waals surface area contributed by atoms with Crippen LogP contribution in [0.5, 0.6) is 0 Å². The first-order valence-corrected chi connectivity index (χ1v) is 10.4. The average Bonchev–Trinajstić information content (AvgIpc) is 3.14. The molecule has 1 aliphatic heterocycles. The summed E-state index contributed by atoms with van der Waals surface area (Å²) in [6.45, 7) is 7.68. The van der Waals surface area contributed by atoms with Gasteiger partial charge in [-0.3, -0.25) is 9.59 Å². The van der Waals surface area contributed by atoms with E-state index in [-0.39, 0.29) is 22.8 Å². The van der Waals surface area contributed by atoms with Gasteiger partial charge in [0.25, 0.3) is 5.91 Å². The van der Waals surface area contributed by atoms with E-state index in [1.165, 1.54) is 0 Å². The van der Waals surface area contributed by atoms with E-state index in [9.17, 15) is 9.59 Å². The smallest absolute Gasteiger partial charge is 0.259 e. The Labute approximate surface area is 167 Å². The summed E-state index contributed by atoms with van der Waals surface area (Å²) in [6.07, 6.45) is 3.54. The van der Waals surface area contributed by atoms with Crippen LogP contribution in [-0.2, 0) is 6.54 Å². The molecule has 7 nitrogen and oxygen atoms in total. The number of piperidine rings is 1. The number of likely N-dealkylation sites (tertiary alicyclic amines) is 1. The second kappa shape index (κ2) is 7.43. The zero-order valence-electron chi connectivity index (χ0n) is 16.3. The molecule has 0 aliphatic carbocycles. The average molecular weight is 398 g/mol. The summed E-state index contributed by atoms with van der Waals surface area (Å²) < 4.78 is 1.88. The van der Waals surface area contributed by atoms with E-state index in [1.54, 1.807) is 28.5 Å². The van der Waals surface area contributed by atoms with Crippen LogP contribution >= 0.6 is 11.3 Å². The molecule has 0 bridgehead atoms. The minimum atomic E-state index is -0.244. The van der Waals surface area contributed by atoms with Gasteiger partial charge < -0.3 is 9.47 Å². The quantitative estimate of drug-likeness (QED) is 0.679. The molecule has 1 saturated heterocycles. The second-order valence-electron chi connectivity index (χ2n) is 7.23. The highest BCUT2D eigenvalue weighted by Gasteiger charge is 2.29. The molecule has 0 aromatic carbocycles. The van der Waals surface area contributed by atoms with Gasteiger partial charge in [-0.2, -0.15) is 0 Å². The highest BCUT2D eigenvalue weighted by molar-refractivity contribution is 7.11. The Kier molecular flexibility index (Phi) is 4.97. The lowest BCUT2D eigenvalue weighted by molar-refractivity contribution is 0.0705. The van der Waals surface area contributed by atoms with Crippen molar-refractivity contribution in [3.8, 4) is 0 Å². The zero-order chi connectivity index (χ0) is 19.8. The molecule has 1 unspecified atom stereocenters. The number of hydrogen-bond acceptors (Lipinski definition) is 6. The third-order valence-corrected chi connectivity index (χ3v) is 6.23. The summed E-state index contributed by atoms with van der Waals surface area (Å²) in [5.74, 6) is -0.0253. The summed E-state index contributed by atoms with van der Waals surface area (Å²) in [6, 6.07) is 3.58. The highest BCUT2D eigenvalue weighted by Crippen LogP contribution is 2.29. The van der Waals surface area contributed by atoms with Crippen molar-refractivity contribution < 1.29 is 4.79 Å². The van der Waals surface area contributed by atoms with E-state index in [0.717, 1.165) is 28.6 Å². The van der Waals surface area contributed by atoms with Crippen molar-refractivity contribution in [3.63, 3.8) is 0 Å². The summed E-state index contributed by atoms with van der Waals surface area (Å²) >= 11 is 1.58. The van der Waals surface area contributed by atoms with Crippen LogP contribution in [0.2, 0.25) is 0 Å². The molecular weight excluding hydrogens is 374 g/mol. The molecule has 1 fully saturated rings. The van der Waals surface area contributed by atoms with Crippen molar-refractivity contribution in [3.05, 3.63) is 49.8 Å². The lowest BCUT2D eigenvalue weighted by atomic mass is 9.98. The number of hydrogen-bond donors (Lipinski definition) is 0. The van der Waals surface area contributed by atoms with Crippen LogP contribution in [-0.4, -0.2) is 43.6 Å². The largest absolute Gasteiger partial charge is 0.338 e. The first kappa shape index (κ1) is 18.7. The van der Waals surface area contributed by atoms with Crippen LogP contribution in [0.4, 0.5) is 0 Å². The lowest BCUT2D eigenvalue weighted by Gasteiger charge is -2.31. The van der Waals surface area contributed by atoms with Crippen LogP contribution < -0.4 is 5.43 Å². The van der Waals surface area contributed by atoms with Crippen LogP contribution in [0.1, 0.15) is 51.8 Å². The minimum Gasteiger partial charge on any atom is -0.338 e. The summed E-state index contributed by atoms with van der Waals surface area (Å²) in [5.41, 5.74) is 1.45. The number of rotatable bonds is 3. The predicted molar refractivity (Wildman–Crippen MR) is 109 cm³/mol. The fourth-order valence-corrected chi connectivity index (χ4v) is 4.59. The fraction of sp³-hybridized carbons (Fsp3) is 0.450. The number of fused-ring (bicyclic) bond motifs is 1. The van der Waals surface area contributed by atoms with E-state index in [2.05, 4.69) is 15.2 Å². The molecule has 0 saturated carbocycles. The third-order valence-electron chi connectivity index (χ3n) is 5.23. The maximum Gasteiger partial charge on any atom is 0.259 e. The van der Waals surface area contributed by atoms with Gasteiger partial charge in [0.05, 0.1) is 5.39 Å². The second-order valence-corrected chi connectivity index (χ2v) is 8.44. The number of carbonyl (C=O) groups is 1. The van der Waals surface area contributed by atoms with E-state index < -0.39 is 0 Å². The third kappa shape index (κ3) is 3.32. The monoisotopic (exact) mass is 397 g/mol. The number of aryl methyl sites for hydroxylation is 3. The highest BCUT2D eigenvalue weighted by atomic mass is 32.1. The molecule has 1 amide bonds. The van der Waals surface area contributed by atoms with Gasteiger partial charge in [-0.05, 0) is 45.7 Å². The molecule has 8 heteroatoms. The van der Waals surface area contributed by atoms with Crippen LogP contribution in [0.3, 0.4) is 0 Å². The molecule has 4 rings (SSSR count). The van der Waals surface area contributed by atoms with Gasteiger partial charge in [-0.1, -0.05) is 0 Å². The van der Waals surface area contributed by atoms with Gasteiger partial charge in [0.2, 0.25) is 5.43 Å². The van der Waals surface area contributed by atoms with Gasteiger partial charge in [0, 0.05) is 37.4 Å². The number of carbonyl (C=O) groups excluding carboxylic acids is 1. The number of nitrogens with zero attached hydrogens (tertiary/aromatic N) is 5. The standard InChI is InChI=1S/C20H23N5O2S/c1-4-24-11-16(17(26)15-8-7-12(2)21-18(15)24)20(27)25-9-5-6-14(10-25)19-23-22-13(3)28-19/h7-8,11,14H,4-6,9-10H2,1-3H3. The molecule has 4 heterocycles. The van der Waals surface area contributed by atoms with Crippen molar-refractivity contribution in [2.24, 2.45) is 0 Å². The SMILES string of the molecule is CCn1cc(C(=O)N2CCCC(c3nnc(C)s3)C2)c(=O)c2ccc(C)nc21. The maximum atomic E-state index is 13.2. The number of pyridine rings is 2. The first-order valence-electron chi connectivity index (χ1n) is 9.58. The predicted octanol–water partition coefficient (Wildman–Crippen LogP) is 2.90. The van der Waals surface area contributed by atoms with Gasteiger partial charge in [-0.15, -0.1) is 21.5 Å². The van der Waals surface area contributed by atoms with Crippen molar-refractivity contribution in [2.75, 3.05) is 13.1 Å². The molecule has 1 atom stereocenters. The van der Waals surface area contributed by atoms with Gasteiger partial charge in [0.15, 0.2) is 0 Å². The Morgan fingerprint density at radius 3 is 2.82 bits per heavy atom. The lowest BCUT2D eigenvalue weighted by Crippen LogP contribution is -2.41. The summed E-state index contributed by atoms with van der Waals surface area (Å²) in [5, 5.41) is 10.8. The molecule has 1 aliphatic rings. The molecule has 0 spiro atoms. The van der Waals surface area contributed by atoms with Crippen molar-refractivity contribution >= 4 is 28.3 Å². The molecule has 146 valence electrons. The van der Waals surface area contributed by atoms with Gasteiger partial charge in [0.1, 0.15) is 21.2 Å². The van der Waals surface area contributed by atoms with E-state index in [0.29, 0.717) is 30.7 Å². The van der Waals surface area contributed by atoms with Crippen molar-refractivity contribution in [1.82, 2.24) is 24.6 Å². The first-order chi connectivity index (χ1) is 13.5. The van der Waals surface area contributed by atoms with Gasteiger partial charge >= 0.3 is 0 Å². The van der Waals surface area contributed by atoms with E-state index >= 15 is 0 Å². The van der Waals surface area contributed by atoms with E-state index in [1.807, 2.05) is 31.4 Å². The topological polar surface area (TPSA) is 81.0 Å². The Bertz CT molecular complexity index is 1100. The Morgan fingerprint density at radius 2 is 2.11 bits per heavy atom. The normalized spacial score (nSPS) is 17.2. The van der Waals surface area contributed by atoms with Crippen LogP contribution in [0.15, 0.2) is 23.1 Å². The zero-order valence-corrected chi connectivity index (χ0v) is 17.1.